The van der Waals surface area contributed by atoms with Gasteiger partial charge in [-0.25, -0.2) is 0 Å². The Morgan fingerprint density at radius 3 is 2.90 bits per heavy atom. The summed E-state index contributed by atoms with van der Waals surface area (Å²) in [6.07, 6.45) is 6.75. The Kier molecular flexibility index (Phi) is 4.36. The van der Waals surface area contributed by atoms with Crippen LogP contribution in [0.5, 0.6) is 0 Å². The lowest BCUT2D eigenvalue weighted by atomic mass is 9.91. The van der Waals surface area contributed by atoms with Crippen molar-refractivity contribution in [3.8, 4) is 0 Å². The molecule has 1 aromatic rings. The third-order valence-electron chi connectivity index (χ3n) is 4.94. The molecule has 2 aliphatic rings. The molecule has 0 spiro atoms. The maximum atomic E-state index is 8.72. The number of hydrogen-bond donors (Lipinski definition) is 2. The summed E-state index contributed by atoms with van der Waals surface area (Å²) in [6, 6.07) is 6.38. The number of nitrogens with zero attached hydrogens (tertiary/aromatic N) is 2. The summed E-state index contributed by atoms with van der Waals surface area (Å²) in [5, 5.41) is 12.4. The summed E-state index contributed by atoms with van der Waals surface area (Å²) in [7, 11) is 0. The number of benzene rings is 1. The minimum Gasteiger partial charge on any atom is -0.409 e. The standard InChI is InChI=1S/C16H22ClN3O/c17-14-9-12(16(18)19-21)6-7-13(14)10-20-8-2-4-11-3-1-5-15(11)20/h6-7,9,11,15,21H,1-5,8,10H2,(H2,18,19). The van der Waals surface area contributed by atoms with Gasteiger partial charge in [-0.2, -0.15) is 0 Å². The van der Waals surface area contributed by atoms with Gasteiger partial charge in [-0.3, -0.25) is 4.90 Å². The number of amidine groups is 1. The van der Waals surface area contributed by atoms with Crippen LogP contribution < -0.4 is 5.73 Å². The summed E-state index contributed by atoms with van der Waals surface area (Å²) < 4.78 is 0. The van der Waals surface area contributed by atoms with E-state index in [1.165, 1.54) is 38.6 Å². The van der Waals surface area contributed by atoms with Gasteiger partial charge in [-0.1, -0.05) is 35.3 Å². The number of likely N-dealkylation sites (tertiary alicyclic amines) is 1. The highest BCUT2D eigenvalue weighted by Crippen LogP contribution is 2.37. The second-order valence-electron chi connectivity index (χ2n) is 6.16. The molecular weight excluding hydrogens is 286 g/mol. The minimum atomic E-state index is 0.0947. The molecule has 1 saturated heterocycles. The molecule has 3 rings (SSSR count). The highest BCUT2D eigenvalue weighted by Gasteiger charge is 2.34. The molecule has 0 amide bonds. The molecule has 2 unspecified atom stereocenters. The molecule has 1 heterocycles. The molecular formula is C16H22ClN3O. The van der Waals surface area contributed by atoms with Crippen LogP contribution in [0.4, 0.5) is 0 Å². The van der Waals surface area contributed by atoms with Crippen molar-refractivity contribution in [2.75, 3.05) is 6.54 Å². The van der Waals surface area contributed by atoms with Crippen molar-refractivity contribution in [2.24, 2.45) is 16.8 Å². The van der Waals surface area contributed by atoms with E-state index in [1.807, 2.05) is 12.1 Å². The van der Waals surface area contributed by atoms with Gasteiger partial charge in [0.1, 0.15) is 0 Å². The molecule has 1 aliphatic carbocycles. The van der Waals surface area contributed by atoms with Crippen LogP contribution in [0.25, 0.3) is 0 Å². The van der Waals surface area contributed by atoms with E-state index in [0.29, 0.717) is 10.6 Å². The van der Waals surface area contributed by atoms with E-state index in [2.05, 4.69) is 10.1 Å². The highest BCUT2D eigenvalue weighted by molar-refractivity contribution is 6.31. The molecule has 114 valence electrons. The Hall–Kier alpha value is -1.26. The molecule has 2 fully saturated rings. The smallest absolute Gasteiger partial charge is 0.170 e. The number of piperidine rings is 1. The molecule has 2 atom stereocenters. The van der Waals surface area contributed by atoms with Crippen molar-refractivity contribution < 1.29 is 5.21 Å². The zero-order valence-corrected chi connectivity index (χ0v) is 12.9. The Morgan fingerprint density at radius 2 is 2.14 bits per heavy atom. The monoisotopic (exact) mass is 307 g/mol. The fourth-order valence-electron chi connectivity index (χ4n) is 3.86. The van der Waals surface area contributed by atoms with E-state index in [9.17, 15) is 0 Å². The number of fused-ring (bicyclic) bond motifs is 1. The Balaban J connectivity index is 1.75. The lowest BCUT2D eigenvalue weighted by Gasteiger charge is -2.38. The zero-order chi connectivity index (χ0) is 14.8. The van der Waals surface area contributed by atoms with Crippen molar-refractivity contribution in [3.63, 3.8) is 0 Å². The lowest BCUT2D eigenvalue weighted by Crippen LogP contribution is -2.41. The maximum Gasteiger partial charge on any atom is 0.170 e. The van der Waals surface area contributed by atoms with Crippen molar-refractivity contribution in [3.05, 3.63) is 34.3 Å². The summed E-state index contributed by atoms with van der Waals surface area (Å²) >= 11 is 6.37. The Labute approximate surface area is 130 Å². The van der Waals surface area contributed by atoms with Crippen LogP contribution in [0.1, 0.15) is 43.2 Å². The summed E-state index contributed by atoms with van der Waals surface area (Å²) in [6.45, 7) is 2.07. The normalized spacial score (nSPS) is 26.8. The minimum absolute atomic E-state index is 0.0947. The van der Waals surface area contributed by atoms with Gasteiger partial charge in [-0.05, 0) is 49.8 Å². The average molecular weight is 308 g/mol. The van der Waals surface area contributed by atoms with Gasteiger partial charge in [0, 0.05) is 23.2 Å². The van der Waals surface area contributed by atoms with Crippen molar-refractivity contribution >= 4 is 17.4 Å². The van der Waals surface area contributed by atoms with E-state index < -0.39 is 0 Å². The fourth-order valence-corrected chi connectivity index (χ4v) is 4.11. The summed E-state index contributed by atoms with van der Waals surface area (Å²) in [4.78, 5) is 2.59. The van der Waals surface area contributed by atoms with Crippen LogP contribution in [0, 0.1) is 5.92 Å². The van der Waals surface area contributed by atoms with Gasteiger partial charge in [0.15, 0.2) is 5.84 Å². The van der Waals surface area contributed by atoms with E-state index >= 15 is 0 Å². The molecule has 1 aliphatic heterocycles. The van der Waals surface area contributed by atoms with E-state index in [4.69, 9.17) is 22.5 Å². The predicted molar refractivity (Wildman–Crippen MR) is 84.7 cm³/mol. The van der Waals surface area contributed by atoms with E-state index in [-0.39, 0.29) is 5.84 Å². The van der Waals surface area contributed by atoms with Crippen LogP contribution >= 0.6 is 11.6 Å². The van der Waals surface area contributed by atoms with Crippen molar-refractivity contribution in [2.45, 2.75) is 44.7 Å². The van der Waals surface area contributed by atoms with Gasteiger partial charge in [0.25, 0.3) is 0 Å². The second-order valence-corrected chi connectivity index (χ2v) is 6.57. The first-order valence-electron chi connectivity index (χ1n) is 7.69. The van der Waals surface area contributed by atoms with Crippen LogP contribution in [0.2, 0.25) is 5.02 Å². The van der Waals surface area contributed by atoms with Crippen molar-refractivity contribution in [1.82, 2.24) is 4.90 Å². The van der Waals surface area contributed by atoms with Gasteiger partial charge in [0.05, 0.1) is 0 Å². The van der Waals surface area contributed by atoms with Crippen LogP contribution in [0.3, 0.4) is 0 Å². The third-order valence-corrected chi connectivity index (χ3v) is 5.29. The number of nitrogens with two attached hydrogens (primary N) is 1. The highest BCUT2D eigenvalue weighted by atomic mass is 35.5. The Morgan fingerprint density at radius 1 is 1.33 bits per heavy atom. The van der Waals surface area contributed by atoms with Crippen LogP contribution in [0.15, 0.2) is 23.4 Å². The molecule has 0 aromatic heterocycles. The lowest BCUT2D eigenvalue weighted by molar-refractivity contribution is 0.106. The first-order valence-corrected chi connectivity index (χ1v) is 8.07. The molecule has 0 bridgehead atoms. The number of hydrogen-bond acceptors (Lipinski definition) is 3. The molecule has 5 heteroatoms. The van der Waals surface area contributed by atoms with Crippen molar-refractivity contribution in [1.29, 1.82) is 0 Å². The predicted octanol–water partition coefficient (Wildman–Crippen LogP) is 3.20. The number of oxime groups is 1. The average Bonchev–Trinajstić information content (AvgIpc) is 2.98. The first kappa shape index (κ1) is 14.7. The largest absolute Gasteiger partial charge is 0.409 e. The van der Waals surface area contributed by atoms with Gasteiger partial charge in [0.2, 0.25) is 0 Å². The Bertz CT molecular complexity index is 546. The maximum absolute atomic E-state index is 8.72. The van der Waals surface area contributed by atoms with Gasteiger partial charge in [-0.15, -0.1) is 0 Å². The van der Waals surface area contributed by atoms with E-state index in [1.54, 1.807) is 6.07 Å². The topological polar surface area (TPSA) is 61.9 Å². The molecule has 3 N–H and O–H groups in total. The molecule has 21 heavy (non-hydrogen) atoms. The quantitative estimate of drug-likeness (QED) is 0.390. The molecule has 1 saturated carbocycles. The molecule has 1 aromatic carbocycles. The first-order chi connectivity index (χ1) is 10.2. The summed E-state index contributed by atoms with van der Waals surface area (Å²) in [5.41, 5.74) is 7.38. The molecule has 0 radical (unpaired) electrons. The van der Waals surface area contributed by atoms with Crippen LogP contribution in [-0.2, 0) is 6.54 Å². The van der Waals surface area contributed by atoms with E-state index in [0.717, 1.165) is 24.1 Å². The van der Waals surface area contributed by atoms with Crippen LogP contribution in [-0.4, -0.2) is 28.5 Å². The number of halogens is 1. The van der Waals surface area contributed by atoms with Gasteiger partial charge >= 0.3 is 0 Å². The zero-order valence-electron chi connectivity index (χ0n) is 12.1. The summed E-state index contributed by atoms with van der Waals surface area (Å²) in [5.74, 6) is 0.978. The number of rotatable bonds is 3. The molecule has 4 nitrogen and oxygen atoms in total. The third kappa shape index (κ3) is 3.01. The second kappa shape index (κ2) is 6.24. The SMILES string of the molecule is N/C(=N/O)c1ccc(CN2CCCC3CCCC32)c(Cl)c1. The fraction of sp³-hybridized carbons (Fsp3) is 0.562. The van der Waals surface area contributed by atoms with Gasteiger partial charge < -0.3 is 10.9 Å².